The van der Waals surface area contributed by atoms with Crippen LogP contribution in [0.2, 0.25) is 0 Å². The third kappa shape index (κ3) is 4.76. The van der Waals surface area contributed by atoms with Gasteiger partial charge in [0, 0.05) is 23.4 Å². The highest BCUT2D eigenvalue weighted by Crippen LogP contribution is 2.26. The van der Waals surface area contributed by atoms with Crippen LogP contribution in [0.5, 0.6) is 0 Å². The number of nitro benzene ring substituents is 1. The van der Waals surface area contributed by atoms with Crippen LogP contribution in [0.4, 0.5) is 11.4 Å². The van der Waals surface area contributed by atoms with Crippen molar-refractivity contribution in [1.29, 1.82) is 0 Å². The number of rotatable bonds is 5. The summed E-state index contributed by atoms with van der Waals surface area (Å²) in [5, 5.41) is 13.7. The van der Waals surface area contributed by atoms with Crippen LogP contribution in [-0.4, -0.2) is 35.4 Å². The second kappa shape index (κ2) is 7.55. The first-order valence-electron chi connectivity index (χ1n) is 8.12. The van der Waals surface area contributed by atoms with Gasteiger partial charge in [-0.2, -0.15) is 0 Å². The molecular formula is C17H25N3O3. The molecule has 1 fully saturated rings. The second-order valence-corrected chi connectivity index (χ2v) is 6.64. The standard InChI is InChI=1S/C17H25N3O3/c1-12-4-8-15(9-5-12)19(3)11-17(21)18-14-7-6-13(2)16(10-14)20(22)23/h6-7,10,12,15H,4-5,8-9,11H2,1-3H3,(H,18,21). The molecular weight excluding hydrogens is 294 g/mol. The van der Waals surface area contributed by atoms with Crippen molar-refractivity contribution in [3.8, 4) is 0 Å². The molecule has 1 aromatic carbocycles. The quantitative estimate of drug-likeness (QED) is 0.667. The number of likely N-dealkylation sites (N-methyl/N-ethyl adjacent to an activating group) is 1. The third-order valence-electron chi connectivity index (χ3n) is 4.69. The fourth-order valence-electron chi connectivity index (χ4n) is 3.12. The van der Waals surface area contributed by atoms with Gasteiger partial charge in [-0.05, 0) is 51.6 Å². The van der Waals surface area contributed by atoms with Crippen molar-refractivity contribution >= 4 is 17.3 Å². The minimum atomic E-state index is -0.430. The molecule has 6 heteroatoms. The molecule has 0 aliphatic heterocycles. The first kappa shape index (κ1) is 17.4. The van der Waals surface area contributed by atoms with Gasteiger partial charge in [0.2, 0.25) is 5.91 Å². The normalized spacial score (nSPS) is 21.2. The van der Waals surface area contributed by atoms with E-state index in [1.165, 1.54) is 18.9 Å². The number of hydrogen-bond donors (Lipinski definition) is 1. The summed E-state index contributed by atoms with van der Waals surface area (Å²) in [6.07, 6.45) is 4.67. The average Bonchev–Trinajstić information content (AvgIpc) is 2.49. The molecule has 1 aliphatic rings. The number of carbonyl (C=O) groups excluding carboxylic acids is 1. The molecule has 0 spiro atoms. The Morgan fingerprint density at radius 3 is 2.61 bits per heavy atom. The lowest BCUT2D eigenvalue weighted by atomic mass is 9.87. The van der Waals surface area contributed by atoms with Crippen molar-refractivity contribution in [3.63, 3.8) is 0 Å². The molecule has 0 aromatic heterocycles. The van der Waals surface area contributed by atoms with E-state index in [9.17, 15) is 14.9 Å². The number of nitro groups is 1. The van der Waals surface area contributed by atoms with E-state index in [1.807, 2.05) is 7.05 Å². The van der Waals surface area contributed by atoms with E-state index in [4.69, 9.17) is 0 Å². The van der Waals surface area contributed by atoms with Crippen molar-refractivity contribution in [3.05, 3.63) is 33.9 Å². The van der Waals surface area contributed by atoms with Gasteiger partial charge in [0.1, 0.15) is 0 Å². The molecule has 2 rings (SSSR count). The van der Waals surface area contributed by atoms with Gasteiger partial charge in [-0.15, -0.1) is 0 Å². The lowest BCUT2D eigenvalue weighted by Crippen LogP contribution is -2.39. The second-order valence-electron chi connectivity index (χ2n) is 6.64. The van der Waals surface area contributed by atoms with Crippen LogP contribution in [-0.2, 0) is 4.79 Å². The van der Waals surface area contributed by atoms with E-state index < -0.39 is 4.92 Å². The summed E-state index contributed by atoms with van der Waals surface area (Å²) in [6, 6.07) is 5.21. The van der Waals surface area contributed by atoms with E-state index in [2.05, 4.69) is 17.1 Å². The number of amides is 1. The SMILES string of the molecule is Cc1ccc(NC(=O)CN(C)C2CCC(C)CC2)cc1[N+](=O)[O-]. The van der Waals surface area contributed by atoms with Gasteiger partial charge < -0.3 is 5.32 Å². The minimum absolute atomic E-state index is 0.0254. The summed E-state index contributed by atoms with van der Waals surface area (Å²) in [5.74, 6) is 0.644. The number of nitrogens with zero attached hydrogens (tertiary/aromatic N) is 2. The van der Waals surface area contributed by atoms with Gasteiger partial charge in [-0.3, -0.25) is 19.8 Å². The van der Waals surface area contributed by atoms with E-state index in [0.717, 1.165) is 18.8 Å². The first-order chi connectivity index (χ1) is 10.9. The number of aryl methyl sites for hydroxylation is 1. The lowest BCUT2D eigenvalue weighted by molar-refractivity contribution is -0.385. The number of nitrogens with one attached hydrogen (secondary N) is 1. The summed E-state index contributed by atoms with van der Waals surface area (Å²) < 4.78 is 0. The number of hydrogen-bond acceptors (Lipinski definition) is 4. The molecule has 0 bridgehead atoms. The topological polar surface area (TPSA) is 75.5 Å². The largest absolute Gasteiger partial charge is 0.325 e. The minimum Gasteiger partial charge on any atom is -0.325 e. The summed E-state index contributed by atoms with van der Waals surface area (Å²) in [7, 11) is 1.97. The van der Waals surface area contributed by atoms with Gasteiger partial charge in [0.25, 0.3) is 5.69 Å². The van der Waals surface area contributed by atoms with Crippen molar-refractivity contribution in [1.82, 2.24) is 4.90 Å². The van der Waals surface area contributed by atoms with E-state index in [0.29, 0.717) is 23.8 Å². The highest BCUT2D eigenvalue weighted by molar-refractivity contribution is 5.92. The van der Waals surface area contributed by atoms with Gasteiger partial charge in [0.05, 0.1) is 11.5 Å². The maximum absolute atomic E-state index is 12.2. The van der Waals surface area contributed by atoms with Crippen molar-refractivity contribution in [2.24, 2.45) is 5.92 Å². The van der Waals surface area contributed by atoms with Gasteiger partial charge in [-0.25, -0.2) is 0 Å². The smallest absolute Gasteiger partial charge is 0.274 e. The zero-order chi connectivity index (χ0) is 17.0. The van der Waals surface area contributed by atoms with Gasteiger partial charge in [-0.1, -0.05) is 13.0 Å². The third-order valence-corrected chi connectivity index (χ3v) is 4.69. The van der Waals surface area contributed by atoms with Crippen LogP contribution >= 0.6 is 0 Å². The van der Waals surface area contributed by atoms with Crippen molar-refractivity contribution in [2.45, 2.75) is 45.6 Å². The fourth-order valence-corrected chi connectivity index (χ4v) is 3.12. The molecule has 1 N–H and O–H groups in total. The summed E-state index contributed by atoms with van der Waals surface area (Å²) >= 11 is 0. The Kier molecular flexibility index (Phi) is 5.71. The molecule has 1 aliphatic carbocycles. The first-order valence-corrected chi connectivity index (χ1v) is 8.12. The molecule has 1 aromatic rings. The van der Waals surface area contributed by atoms with Crippen LogP contribution in [0, 0.1) is 23.0 Å². The predicted molar refractivity (Wildman–Crippen MR) is 90.5 cm³/mol. The van der Waals surface area contributed by atoms with Gasteiger partial charge >= 0.3 is 0 Å². The number of benzene rings is 1. The Labute approximate surface area is 137 Å². The Bertz CT molecular complexity index is 580. The molecule has 1 saturated carbocycles. The molecule has 6 nitrogen and oxygen atoms in total. The van der Waals surface area contributed by atoms with E-state index in [-0.39, 0.29) is 11.6 Å². The van der Waals surface area contributed by atoms with E-state index in [1.54, 1.807) is 19.1 Å². The Morgan fingerprint density at radius 1 is 1.35 bits per heavy atom. The van der Waals surface area contributed by atoms with Crippen LogP contribution in [0.15, 0.2) is 18.2 Å². The van der Waals surface area contributed by atoms with Gasteiger partial charge in [0.15, 0.2) is 0 Å². The number of anilines is 1. The summed E-state index contributed by atoms with van der Waals surface area (Å²) in [6.45, 7) is 4.26. The molecule has 23 heavy (non-hydrogen) atoms. The maximum Gasteiger partial charge on any atom is 0.274 e. The van der Waals surface area contributed by atoms with Crippen LogP contribution in [0.3, 0.4) is 0 Å². The molecule has 0 unspecified atom stereocenters. The van der Waals surface area contributed by atoms with Crippen LogP contribution < -0.4 is 5.32 Å². The molecule has 0 heterocycles. The number of carbonyl (C=O) groups is 1. The van der Waals surface area contributed by atoms with Crippen molar-refractivity contribution in [2.75, 3.05) is 18.9 Å². The highest BCUT2D eigenvalue weighted by Gasteiger charge is 2.23. The fraction of sp³-hybridized carbons (Fsp3) is 0.588. The molecule has 1 amide bonds. The van der Waals surface area contributed by atoms with E-state index >= 15 is 0 Å². The maximum atomic E-state index is 12.2. The van der Waals surface area contributed by atoms with Crippen molar-refractivity contribution < 1.29 is 9.72 Å². The molecule has 0 radical (unpaired) electrons. The van der Waals surface area contributed by atoms with Crippen LogP contribution in [0.1, 0.15) is 38.2 Å². The Hall–Kier alpha value is -1.95. The lowest BCUT2D eigenvalue weighted by Gasteiger charge is -2.33. The monoisotopic (exact) mass is 319 g/mol. The predicted octanol–water partition coefficient (Wildman–Crippen LogP) is 3.35. The summed E-state index contributed by atoms with van der Waals surface area (Å²) in [4.78, 5) is 24.8. The molecule has 126 valence electrons. The molecule has 0 atom stereocenters. The summed E-state index contributed by atoms with van der Waals surface area (Å²) in [5.41, 5.74) is 1.08. The average molecular weight is 319 g/mol. The molecule has 0 saturated heterocycles. The highest BCUT2D eigenvalue weighted by atomic mass is 16.6. The van der Waals surface area contributed by atoms with Crippen LogP contribution in [0.25, 0.3) is 0 Å². The zero-order valence-electron chi connectivity index (χ0n) is 14.0. The zero-order valence-corrected chi connectivity index (χ0v) is 14.0. The Morgan fingerprint density at radius 2 is 2.00 bits per heavy atom. The Balaban J connectivity index is 1.92.